The van der Waals surface area contributed by atoms with Gasteiger partial charge < -0.3 is 9.47 Å². The van der Waals surface area contributed by atoms with Gasteiger partial charge in [-0.15, -0.1) is 0 Å². The lowest BCUT2D eigenvalue weighted by Gasteiger charge is -2.40. The predicted molar refractivity (Wildman–Crippen MR) is 93.5 cm³/mol. The van der Waals surface area contributed by atoms with Crippen LogP contribution in [0.5, 0.6) is 11.5 Å². The van der Waals surface area contributed by atoms with E-state index in [1.807, 2.05) is 32.0 Å². The topological polar surface area (TPSA) is 51.1 Å². The van der Waals surface area contributed by atoms with Gasteiger partial charge in [-0.2, -0.15) is 5.10 Å². The maximum Gasteiger partial charge on any atom is 0.246 e. The number of nitrogens with zero attached hydrogens (tertiary/aromatic N) is 2. The van der Waals surface area contributed by atoms with Gasteiger partial charge in [-0.05, 0) is 44.9 Å². The van der Waals surface area contributed by atoms with Crippen LogP contribution in [0.25, 0.3) is 0 Å². The first-order chi connectivity index (χ1) is 11.6. The first kappa shape index (κ1) is 16.8. The highest BCUT2D eigenvalue weighted by Gasteiger charge is 2.41. The quantitative estimate of drug-likeness (QED) is 0.849. The standard InChI is InChI=1S/C19H26N2O3/c1-12(2)21-19(22)15-8-6-5-7-14(15)18(20-21)13-9-10-16(23-3)17(11-13)24-4/h9-12,14-15H,5-8H2,1-4H3/t14-,15+/m1/s1. The zero-order valence-electron chi connectivity index (χ0n) is 14.9. The van der Waals surface area contributed by atoms with E-state index in [1.54, 1.807) is 19.2 Å². The van der Waals surface area contributed by atoms with Crippen molar-refractivity contribution in [3.8, 4) is 11.5 Å². The molecule has 24 heavy (non-hydrogen) atoms. The zero-order chi connectivity index (χ0) is 17.3. The van der Waals surface area contributed by atoms with Crippen LogP contribution in [-0.4, -0.2) is 36.9 Å². The number of fused-ring (bicyclic) bond motifs is 1. The summed E-state index contributed by atoms with van der Waals surface area (Å²) < 4.78 is 10.8. The fraction of sp³-hybridized carbons (Fsp3) is 0.579. The van der Waals surface area contributed by atoms with Gasteiger partial charge >= 0.3 is 0 Å². The minimum atomic E-state index is 0.0572. The minimum absolute atomic E-state index is 0.0572. The van der Waals surface area contributed by atoms with Gasteiger partial charge in [0.25, 0.3) is 0 Å². The van der Waals surface area contributed by atoms with Crippen LogP contribution in [0.1, 0.15) is 45.1 Å². The third-order valence-electron chi connectivity index (χ3n) is 5.04. The van der Waals surface area contributed by atoms with E-state index in [0.717, 1.165) is 37.0 Å². The van der Waals surface area contributed by atoms with Crippen LogP contribution in [0.4, 0.5) is 0 Å². The summed E-state index contributed by atoms with van der Waals surface area (Å²) in [5.74, 6) is 1.84. The summed E-state index contributed by atoms with van der Waals surface area (Å²) >= 11 is 0. The lowest BCUT2D eigenvalue weighted by molar-refractivity contribution is -0.140. The lowest BCUT2D eigenvalue weighted by atomic mass is 9.73. The molecule has 2 atom stereocenters. The van der Waals surface area contributed by atoms with E-state index < -0.39 is 0 Å². The van der Waals surface area contributed by atoms with E-state index in [1.165, 1.54) is 0 Å². The van der Waals surface area contributed by atoms with Crippen molar-refractivity contribution in [3.05, 3.63) is 23.8 Å². The third kappa shape index (κ3) is 2.87. The molecule has 1 aliphatic carbocycles. The Bertz CT molecular complexity index is 654. The number of hydrogen-bond donors (Lipinski definition) is 0. The van der Waals surface area contributed by atoms with E-state index in [2.05, 4.69) is 0 Å². The molecule has 0 bridgehead atoms. The molecule has 0 spiro atoms. The molecule has 1 amide bonds. The first-order valence-electron chi connectivity index (χ1n) is 8.70. The Morgan fingerprint density at radius 1 is 1.08 bits per heavy atom. The van der Waals surface area contributed by atoms with Crippen molar-refractivity contribution < 1.29 is 14.3 Å². The molecule has 1 saturated carbocycles. The van der Waals surface area contributed by atoms with Gasteiger partial charge in [-0.1, -0.05) is 12.8 Å². The van der Waals surface area contributed by atoms with Crippen molar-refractivity contribution in [1.29, 1.82) is 0 Å². The third-order valence-corrected chi connectivity index (χ3v) is 5.04. The minimum Gasteiger partial charge on any atom is -0.493 e. The average molecular weight is 330 g/mol. The molecule has 5 heteroatoms. The van der Waals surface area contributed by atoms with Gasteiger partial charge in [0, 0.05) is 23.4 Å². The molecule has 5 nitrogen and oxygen atoms in total. The average Bonchev–Trinajstić information content (AvgIpc) is 2.61. The number of benzene rings is 1. The highest BCUT2D eigenvalue weighted by atomic mass is 16.5. The van der Waals surface area contributed by atoms with Crippen molar-refractivity contribution in [2.45, 2.75) is 45.6 Å². The molecule has 1 aromatic carbocycles. The summed E-state index contributed by atoms with van der Waals surface area (Å²) in [5, 5.41) is 6.42. The summed E-state index contributed by atoms with van der Waals surface area (Å²) in [6, 6.07) is 5.96. The molecule has 3 rings (SSSR count). The number of hydrogen-bond acceptors (Lipinski definition) is 4. The lowest BCUT2D eigenvalue weighted by Crippen LogP contribution is -2.48. The summed E-state index contributed by atoms with van der Waals surface area (Å²) in [4.78, 5) is 12.8. The highest BCUT2D eigenvalue weighted by molar-refractivity contribution is 6.07. The number of ether oxygens (including phenoxy) is 2. The summed E-state index contributed by atoms with van der Waals surface area (Å²) in [5.41, 5.74) is 2.02. The van der Waals surface area contributed by atoms with Gasteiger partial charge in [0.1, 0.15) is 0 Å². The van der Waals surface area contributed by atoms with Gasteiger partial charge in [0.15, 0.2) is 11.5 Å². The van der Waals surface area contributed by atoms with Gasteiger partial charge in [-0.3, -0.25) is 4.79 Å². The summed E-state index contributed by atoms with van der Waals surface area (Å²) in [7, 11) is 3.27. The Balaban J connectivity index is 2.06. The Morgan fingerprint density at radius 3 is 2.38 bits per heavy atom. The fourth-order valence-corrected chi connectivity index (χ4v) is 3.80. The molecule has 1 fully saturated rings. The molecule has 1 heterocycles. The van der Waals surface area contributed by atoms with Gasteiger partial charge in [-0.25, -0.2) is 5.01 Å². The number of amides is 1. The molecule has 0 aromatic heterocycles. The van der Waals surface area contributed by atoms with E-state index in [-0.39, 0.29) is 23.8 Å². The molecule has 1 aliphatic heterocycles. The van der Waals surface area contributed by atoms with Gasteiger partial charge in [0.05, 0.1) is 19.9 Å². The number of hydrazone groups is 1. The highest BCUT2D eigenvalue weighted by Crippen LogP contribution is 2.39. The molecule has 1 aromatic rings. The second kappa shape index (κ2) is 6.83. The SMILES string of the molecule is COc1ccc(C2=NN(C(C)C)C(=O)[C@H]3CCCC[C@@H]23)cc1OC. The van der Waals surface area contributed by atoms with Crippen molar-refractivity contribution >= 4 is 11.6 Å². The Labute approximate surface area is 143 Å². The largest absolute Gasteiger partial charge is 0.493 e. The van der Waals surface area contributed by atoms with Crippen molar-refractivity contribution in [2.75, 3.05) is 14.2 Å². The number of carbonyl (C=O) groups excluding carboxylic acids is 1. The van der Waals surface area contributed by atoms with Crippen LogP contribution in [-0.2, 0) is 4.79 Å². The molecule has 130 valence electrons. The Morgan fingerprint density at radius 2 is 1.75 bits per heavy atom. The van der Waals surface area contributed by atoms with Crippen LogP contribution in [0.3, 0.4) is 0 Å². The molecule has 0 saturated heterocycles. The van der Waals surface area contributed by atoms with E-state index in [4.69, 9.17) is 14.6 Å². The smallest absolute Gasteiger partial charge is 0.246 e. The monoisotopic (exact) mass is 330 g/mol. The molecule has 0 N–H and O–H groups in total. The summed E-state index contributed by atoms with van der Waals surface area (Å²) in [6.45, 7) is 4.02. The van der Waals surface area contributed by atoms with E-state index in [0.29, 0.717) is 11.5 Å². The fourth-order valence-electron chi connectivity index (χ4n) is 3.80. The number of methoxy groups -OCH3 is 2. The van der Waals surface area contributed by atoms with Crippen LogP contribution in [0, 0.1) is 11.8 Å². The second-order valence-electron chi connectivity index (χ2n) is 6.83. The van der Waals surface area contributed by atoms with E-state index in [9.17, 15) is 4.79 Å². The maximum absolute atomic E-state index is 12.8. The normalized spacial score (nSPS) is 23.8. The molecule has 0 radical (unpaired) electrons. The molecular formula is C19H26N2O3. The van der Waals surface area contributed by atoms with Crippen LogP contribution in [0.15, 0.2) is 23.3 Å². The van der Waals surface area contributed by atoms with Crippen molar-refractivity contribution in [2.24, 2.45) is 16.9 Å². The van der Waals surface area contributed by atoms with Crippen LogP contribution in [0.2, 0.25) is 0 Å². The van der Waals surface area contributed by atoms with Crippen LogP contribution >= 0.6 is 0 Å². The second-order valence-corrected chi connectivity index (χ2v) is 6.83. The first-order valence-corrected chi connectivity index (χ1v) is 8.70. The van der Waals surface area contributed by atoms with E-state index >= 15 is 0 Å². The molecule has 0 unspecified atom stereocenters. The number of rotatable bonds is 4. The Hall–Kier alpha value is -2.04. The van der Waals surface area contributed by atoms with Crippen molar-refractivity contribution in [3.63, 3.8) is 0 Å². The zero-order valence-corrected chi connectivity index (χ0v) is 14.9. The molecule has 2 aliphatic rings. The maximum atomic E-state index is 12.8. The molecular weight excluding hydrogens is 304 g/mol. The Kier molecular flexibility index (Phi) is 4.78. The van der Waals surface area contributed by atoms with Gasteiger partial charge in [0.2, 0.25) is 5.91 Å². The van der Waals surface area contributed by atoms with Crippen molar-refractivity contribution in [1.82, 2.24) is 5.01 Å². The summed E-state index contributed by atoms with van der Waals surface area (Å²) in [6.07, 6.45) is 4.26. The number of carbonyl (C=O) groups is 1. The van der Waals surface area contributed by atoms with Crippen LogP contribution < -0.4 is 9.47 Å². The predicted octanol–water partition coefficient (Wildman–Crippen LogP) is 3.46.